The van der Waals surface area contributed by atoms with E-state index in [0.29, 0.717) is 6.42 Å². The van der Waals surface area contributed by atoms with Gasteiger partial charge in [0.15, 0.2) is 5.78 Å². The molecule has 1 heterocycles. The maximum Gasteiger partial charge on any atom is 0.180 e. The molecule has 0 saturated carbocycles. The number of unbranched alkanes of at least 4 members (excludes halogenated alkanes) is 2. The van der Waals surface area contributed by atoms with E-state index < -0.39 is 0 Å². The Morgan fingerprint density at radius 2 is 2.21 bits per heavy atom. The Hall–Kier alpha value is -1.12. The molecule has 0 atom stereocenters. The Bertz CT molecular complexity index is 315. The molecule has 0 aliphatic rings. The van der Waals surface area contributed by atoms with Crippen LogP contribution in [0.15, 0.2) is 6.07 Å². The summed E-state index contributed by atoms with van der Waals surface area (Å²) >= 11 is 0. The lowest BCUT2D eigenvalue weighted by atomic mass is 10.1. The van der Waals surface area contributed by atoms with E-state index in [1.807, 2.05) is 20.0 Å². The van der Waals surface area contributed by atoms with Gasteiger partial charge in [0.05, 0.1) is 5.69 Å². The first-order valence-electron chi connectivity index (χ1n) is 5.19. The molecule has 1 aromatic rings. The van der Waals surface area contributed by atoms with E-state index in [-0.39, 0.29) is 5.78 Å². The average molecular weight is 194 g/mol. The van der Waals surface area contributed by atoms with Crippen LogP contribution in [0, 0.1) is 6.92 Å². The second-order valence-corrected chi connectivity index (χ2v) is 3.67. The predicted molar refractivity (Wildman–Crippen MR) is 56.4 cm³/mol. The lowest BCUT2D eigenvalue weighted by Gasteiger charge is -1.99. The second kappa shape index (κ2) is 4.94. The summed E-state index contributed by atoms with van der Waals surface area (Å²) in [4.78, 5) is 11.7. The molecule has 0 spiro atoms. The SMILES string of the molecule is CCCCCC(=O)c1cc(C)nn1C. The minimum Gasteiger partial charge on any atom is -0.292 e. The van der Waals surface area contributed by atoms with E-state index in [2.05, 4.69) is 12.0 Å². The van der Waals surface area contributed by atoms with Gasteiger partial charge in [-0.25, -0.2) is 0 Å². The first-order valence-corrected chi connectivity index (χ1v) is 5.19. The number of rotatable bonds is 5. The van der Waals surface area contributed by atoms with Gasteiger partial charge in [-0.2, -0.15) is 5.10 Å². The molecular formula is C11H18N2O. The Kier molecular flexibility index (Phi) is 3.86. The highest BCUT2D eigenvalue weighted by molar-refractivity contribution is 5.94. The summed E-state index contributed by atoms with van der Waals surface area (Å²) in [7, 11) is 1.82. The van der Waals surface area contributed by atoms with Gasteiger partial charge in [0.1, 0.15) is 5.69 Å². The lowest BCUT2D eigenvalue weighted by Crippen LogP contribution is -2.06. The van der Waals surface area contributed by atoms with Crippen molar-refractivity contribution in [2.75, 3.05) is 0 Å². The predicted octanol–water partition coefficient (Wildman–Crippen LogP) is 2.49. The maximum atomic E-state index is 11.7. The standard InChI is InChI=1S/C11H18N2O/c1-4-5-6-7-11(14)10-8-9(2)12-13(10)3/h8H,4-7H2,1-3H3. The van der Waals surface area contributed by atoms with Gasteiger partial charge in [0.2, 0.25) is 0 Å². The molecule has 0 amide bonds. The van der Waals surface area contributed by atoms with Crippen molar-refractivity contribution in [3.63, 3.8) is 0 Å². The fourth-order valence-electron chi connectivity index (χ4n) is 1.54. The number of carbonyl (C=O) groups is 1. The molecule has 1 aromatic heterocycles. The van der Waals surface area contributed by atoms with Crippen LogP contribution in [-0.2, 0) is 7.05 Å². The highest BCUT2D eigenvalue weighted by Crippen LogP contribution is 2.08. The molecule has 3 nitrogen and oxygen atoms in total. The number of hydrogen-bond donors (Lipinski definition) is 0. The smallest absolute Gasteiger partial charge is 0.180 e. The topological polar surface area (TPSA) is 34.9 Å². The van der Waals surface area contributed by atoms with E-state index in [4.69, 9.17) is 0 Å². The fraction of sp³-hybridized carbons (Fsp3) is 0.636. The third kappa shape index (κ3) is 2.69. The summed E-state index contributed by atoms with van der Waals surface area (Å²) in [6.07, 6.45) is 3.91. The lowest BCUT2D eigenvalue weighted by molar-refractivity contribution is 0.0970. The zero-order valence-electron chi connectivity index (χ0n) is 9.21. The fourth-order valence-corrected chi connectivity index (χ4v) is 1.54. The van der Waals surface area contributed by atoms with Crippen molar-refractivity contribution in [1.29, 1.82) is 0 Å². The van der Waals surface area contributed by atoms with Gasteiger partial charge >= 0.3 is 0 Å². The van der Waals surface area contributed by atoms with Crippen LogP contribution in [0.3, 0.4) is 0 Å². The maximum absolute atomic E-state index is 11.7. The van der Waals surface area contributed by atoms with Crippen molar-refractivity contribution in [2.24, 2.45) is 7.05 Å². The van der Waals surface area contributed by atoms with Gasteiger partial charge in [0.25, 0.3) is 0 Å². The summed E-state index contributed by atoms with van der Waals surface area (Å²) in [5.74, 6) is 0.210. The van der Waals surface area contributed by atoms with Gasteiger partial charge in [-0.05, 0) is 19.4 Å². The van der Waals surface area contributed by atoms with Crippen LogP contribution in [0.4, 0.5) is 0 Å². The first kappa shape index (κ1) is 11.0. The summed E-state index contributed by atoms with van der Waals surface area (Å²) in [5.41, 5.74) is 1.64. The van der Waals surface area contributed by atoms with E-state index in [9.17, 15) is 4.79 Å². The van der Waals surface area contributed by atoms with Crippen LogP contribution >= 0.6 is 0 Å². The normalized spacial score (nSPS) is 10.5. The van der Waals surface area contributed by atoms with Crippen LogP contribution in [0.1, 0.15) is 48.8 Å². The largest absolute Gasteiger partial charge is 0.292 e. The van der Waals surface area contributed by atoms with Gasteiger partial charge in [-0.3, -0.25) is 9.48 Å². The minimum atomic E-state index is 0.210. The van der Waals surface area contributed by atoms with E-state index in [1.165, 1.54) is 0 Å². The van der Waals surface area contributed by atoms with Crippen molar-refractivity contribution in [1.82, 2.24) is 9.78 Å². The van der Waals surface area contributed by atoms with Crippen LogP contribution in [0.25, 0.3) is 0 Å². The van der Waals surface area contributed by atoms with Crippen LogP contribution in [0.5, 0.6) is 0 Å². The summed E-state index contributed by atoms with van der Waals surface area (Å²) in [5, 5.41) is 4.16. The monoisotopic (exact) mass is 194 g/mol. The highest BCUT2D eigenvalue weighted by atomic mass is 16.1. The summed E-state index contributed by atoms with van der Waals surface area (Å²) in [6, 6.07) is 1.86. The van der Waals surface area contributed by atoms with Gasteiger partial charge in [0, 0.05) is 13.5 Å². The van der Waals surface area contributed by atoms with E-state index in [0.717, 1.165) is 30.7 Å². The molecule has 0 N–H and O–H groups in total. The molecular weight excluding hydrogens is 176 g/mol. The molecule has 0 saturated heterocycles. The summed E-state index contributed by atoms with van der Waals surface area (Å²) in [6.45, 7) is 4.04. The van der Waals surface area contributed by atoms with Crippen molar-refractivity contribution in [2.45, 2.75) is 39.5 Å². The zero-order chi connectivity index (χ0) is 10.6. The van der Waals surface area contributed by atoms with Crippen molar-refractivity contribution in [3.8, 4) is 0 Å². The minimum absolute atomic E-state index is 0.210. The third-order valence-corrected chi connectivity index (χ3v) is 2.30. The van der Waals surface area contributed by atoms with Crippen molar-refractivity contribution >= 4 is 5.78 Å². The summed E-state index contributed by atoms with van der Waals surface area (Å²) < 4.78 is 1.67. The van der Waals surface area contributed by atoms with Crippen molar-refractivity contribution in [3.05, 3.63) is 17.5 Å². The van der Waals surface area contributed by atoms with Crippen LogP contribution < -0.4 is 0 Å². The third-order valence-electron chi connectivity index (χ3n) is 2.30. The van der Waals surface area contributed by atoms with E-state index in [1.54, 1.807) is 4.68 Å². The van der Waals surface area contributed by atoms with Gasteiger partial charge in [-0.1, -0.05) is 19.8 Å². The molecule has 0 bridgehead atoms. The quantitative estimate of drug-likeness (QED) is 0.533. The Balaban J connectivity index is 2.56. The van der Waals surface area contributed by atoms with Crippen LogP contribution in [0.2, 0.25) is 0 Å². The zero-order valence-corrected chi connectivity index (χ0v) is 9.21. The molecule has 0 unspecified atom stereocenters. The molecule has 0 fully saturated rings. The number of ketones is 1. The van der Waals surface area contributed by atoms with Crippen molar-refractivity contribution < 1.29 is 4.79 Å². The number of aromatic nitrogens is 2. The number of aryl methyl sites for hydroxylation is 2. The highest BCUT2D eigenvalue weighted by Gasteiger charge is 2.10. The van der Waals surface area contributed by atoms with Gasteiger partial charge < -0.3 is 0 Å². The Morgan fingerprint density at radius 3 is 2.71 bits per heavy atom. The Morgan fingerprint density at radius 1 is 1.50 bits per heavy atom. The molecule has 0 aromatic carbocycles. The molecule has 0 aliphatic heterocycles. The molecule has 3 heteroatoms. The first-order chi connectivity index (χ1) is 6.65. The second-order valence-electron chi connectivity index (χ2n) is 3.67. The average Bonchev–Trinajstić information content (AvgIpc) is 2.45. The number of nitrogens with zero attached hydrogens (tertiary/aromatic N) is 2. The Labute approximate surface area is 85.1 Å². The van der Waals surface area contributed by atoms with Gasteiger partial charge in [-0.15, -0.1) is 0 Å². The number of Topliss-reactive ketones (excluding diaryl/α,β-unsaturated/α-hetero) is 1. The molecule has 14 heavy (non-hydrogen) atoms. The molecule has 0 radical (unpaired) electrons. The molecule has 78 valence electrons. The van der Waals surface area contributed by atoms with Crippen LogP contribution in [-0.4, -0.2) is 15.6 Å². The molecule has 0 aliphatic carbocycles. The number of hydrogen-bond acceptors (Lipinski definition) is 2. The number of carbonyl (C=O) groups excluding carboxylic acids is 1. The van der Waals surface area contributed by atoms with E-state index >= 15 is 0 Å². The molecule has 1 rings (SSSR count).